The summed E-state index contributed by atoms with van der Waals surface area (Å²) in [4.78, 5) is 8.68. The molecule has 1 aromatic heterocycles. The Kier molecular flexibility index (Phi) is 6.83. The molecule has 1 atom stereocenters. The molecule has 0 aliphatic rings. The van der Waals surface area contributed by atoms with E-state index in [1.165, 1.54) is 20.0 Å². The summed E-state index contributed by atoms with van der Waals surface area (Å²) in [5.74, 6) is -0.138. The molecule has 1 unspecified atom stereocenters. The minimum Gasteiger partial charge on any atom is -0.241 e. The highest BCUT2D eigenvalue weighted by Crippen LogP contribution is 2.24. The Morgan fingerprint density at radius 3 is 2.50 bits per heavy atom. The number of sulfonamides is 1. The van der Waals surface area contributed by atoms with Gasteiger partial charge in [-0.05, 0) is 37.0 Å². The number of hydrogen-bond donors (Lipinski definition) is 0. The molecule has 0 amide bonds. The number of allylic oxidation sites excluding steroid dienone is 5. The highest BCUT2D eigenvalue weighted by atomic mass is 32.2. The average Bonchev–Trinajstić information content (AvgIpc) is 2.52. The summed E-state index contributed by atoms with van der Waals surface area (Å²) >= 11 is 0. The molecule has 0 saturated carbocycles. The summed E-state index contributed by atoms with van der Waals surface area (Å²) in [6.07, 6.45) is 6.34. The Morgan fingerprint density at radius 2 is 2.04 bits per heavy atom. The van der Waals surface area contributed by atoms with E-state index in [1.54, 1.807) is 18.2 Å². The first-order chi connectivity index (χ1) is 11.1. The van der Waals surface area contributed by atoms with Crippen LogP contribution in [0.5, 0.6) is 0 Å². The third-order valence-electron chi connectivity index (χ3n) is 3.64. The Labute approximate surface area is 143 Å². The number of nitrogens with zero attached hydrogens (tertiary/aromatic N) is 3. The Morgan fingerprint density at radius 1 is 1.42 bits per heavy atom. The van der Waals surface area contributed by atoms with Crippen LogP contribution >= 0.6 is 0 Å². The monoisotopic (exact) mass is 353 g/mol. The highest BCUT2D eigenvalue weighted by Gasteiger charge is 2.19. The van der Waals surface area contributed by atoms with E-state index in [-0.39, 0.29) is 17.7 Å². The molecular formula is C17H24FN3O2S. The van der Waals surface area contributed by atoms with Gasteiger partial charge in [0.1, 0.15) is 0 Å². The van der Waals surface area contributed by atoms with Gasteiger partial charge in [-0.15, -0.1) is 0 Å². The van der Waals surface area contributed by atoms with Crippen LogP contribution in [0.2, 0.25) is 0 Å². The maximum Gasteiger partial charge on any atom is 0.239 e. The van der Waals surface area contributed by atoms with Gasteiger partial charge >= 0.3 is 0 Å². The van der Waals surface area contributed by atoms with Crippen LogP contribution in [-0.4, -0.2) is 31.7 Å². The lowest BCUT2D eigenvalue weighted by molar-refractivity contribution is 0.599. The maximum absolute atomic E-state index is 13.0. The van der Waals surface area contributed by atoms with Gasteiger partial charge in [-0.25, -0.2) is 27.1 Å². The molecule has 5 nitrogen and oxygen atoms in total. The molecule has 0 fully saturated rings. The van der Waals surface area contributed by atoms with Crippen molar-refractivity contribution in [1.82, 2.24) is 9.97 Å². The molecule has 132 valence electrons. The van der Waals surface area contributed by atoms with E-state index in [4.69, 9.17) is 0 Å². The molecule has 0 aliphatic heterocycles. The Bertz CT molecular complexity index is 766. The Balaban J connectivity index is 3.57. The molecular weight excluding hydrogens is 329 g/mol. The van der Waals surface area contributed by atoms with E-state index in [0.29, 0.717) is 11.3 Å². The molecule has 1 rings (SSSR count). The van der Waals surface area contributed by atoms with Gasteiger partial charge in [0, 0.05) is 12.7 Å². The van der Waals surface area contributed by atoms with E-state index >= 15 is 0 Å². The van der Waals surface area contributed by atoms with Crippen molar-refractivity contribution >= 4 is 21.5 Å². The van der Waals surface area contributed by atoms with Crippen LogP contribution in [-0.2, 0) is 10.0 Å². The van der Waals surface area contributed by atoms with Crippen LogP contribution in [0.3, 0.4) is 0 Å². The van der Waals surface area contributed by atoms with Gasteiger partial charge < -0.3 is 0 Å². The summed E-state index contributed by atoms with van der Waals surface area (Å²) in [5, 5.41) is 0. The summed E-state index contributed by atoms with van der Waals surface area (Å²) < 4.78 is 37.6. The normalized spacial score (nSPS) is 14.4. The minimum atomic E-state index is -3.49. The van der Waals surface area contributed by atoms with Crippen LogP contribution in [0.4, 0.5) is 10.3 Å². The average molecular weight is 353 g/mol. The minimum absolute atomic E-state index is 0.0824. The van der Waals surface area contributed by atoms with Crippen LogP contribution in [0.15, 0.2) is 36.7 Å². The lowest BCUT2D eigenvalue weighted by atomic mass is 10.0. The Hall–Kier alpha value is -2.02. The summed E-state index contributed by atoms with van der Waals surface area (Å²) in [6, 6.07) is 1.78. The molecule has 0 spiro atoms. The number of hydrogen-bond acceptors (Lipinski definition) is 4. The van der Waals surface area contributed by atoms with Crippen LogP contribution < -0.4 is 4.31 Å². The SMILES string of the molecule is C=C/C(=C\C=C(/C)F)c1cc(C(C)CC)nc(N(C)S(C)(=O)=O)n1. The van der Waals surface area contributed by atoms with E-state index in [0.717, 1.165) is 22.7 Å². The van der Waals surface area contributed by atoms with Gasteiger partial charge in [0.2, 0.25) is 16.0 Å². The predicted molar refractivity (Wildman–Crippen MR) is 97.0 cm³/mol. The fourth-order valence-electron chi connectivity index (χ4n) is 1.81. The van der Waals surface area contributed by atoms with Gasteiger partial charge in [-0.3, -0.25) is 0 Å². The number of rotatable bonds is 7. The molecule has 0 radical (unpaired) electrons. The van der Waals surface area contributed by atoms with E-state index < -0.39 is 10.0 Å². The summed E-state index contributed by atoms with van der Waals surface area (Å²) in [5.41, 5.74) is 1.81. The molecule has 0 aliphatic carbocycles. The summed E-state index contributed by atoms with van der Waals surface area (Å²) in [7, 11) is -2.09. The van der Waals surface area contributed by atoms with E-state index in [1.807, 2.05) is 13.8 Å². The van der Waals surface area contributed by atoms with E-state index in [2.05, 4.69) is 16.5 Å². The zero-order valence-electron chi connectivity index (χ0n) is 14.7. The van der Waals surface area contributed by atoms with Gasteiger partial charge in [0.25, 0.3) is 0 Å². The second kappa shape index (κ2) is 8.19. The van der Waals surface area contributed by atoms with Crippen molar-refractivity contribution < 1.29 is 12.8 Å². The van der Waals surface area contributed by atoms with Gasteiger partial charge in [0.15, 0.2) is 0 Å². The van der Waals surface area contributed by atoms with Crippen molar-refractivity contribution in [3.63, 3.8) is 0 Å². The van der Waals surface area contributed by atoms with Gasteiger partial charge in [0.05, 0.1) is 17.8 Å². The molecule has 24 heavy (non-hydrogen) atoms. The second-order valence-corrected chi connectivity index (χ2v) is 7.61. The third kappa shape index (κ3) is 5.26. The van der Waals surface area contributed by atoms with Crippen molar-refractivity contribution in [2.24, 2.45) is 0 Å². The zero-order chi connectivity index (χ0) is 18.5. The van der Waals surface area contributed by atoms with Crippen molar-refractivity contribution in [2.75, 3.05) is 17.6 Å². The lowest BCUT2D eigenvalue weighted by Gasteiger charge is -2.18. The van der Waals surface area contributed by atoms with Gasteiger partial charge in [-0.1, -0.05) is 32.6 Å². The van der Waals surface area contributed by atoms with Gasteiger partial charge in [-0.2, -0.15) is 0 Å². The van der Waals surface area contributed by atoms with Crippen LogP contribution in [0.25, 0.3) is 5.57 Å². The fourth-order valence-corrected chi connectivity index (χ4v) is 2.19. The highest BCUT2D eigenvalue weighted by molar-refractivity contribution is 7.92. The molecule has 0 saturated heterocycles. The fraction of sp³-hybridized carbons (Fsp3) is 0.412. The van der Waals surface area contributed by atoms with E-state index in [9.17, 15) is 12.8 Å². The van der Waals surface area contributed by atoms with Crippen LogP contribution in [0.1, 0.15) is 44.5 Å². The van der Waals surface area contributed by atoms with Crippen LogP contribution in [0, 0.1) is 0 Å². The number of anilines is 1. The maximum atomic E-state index is 13.0. The standard InChI is InChI=1S/C17H24FN3O2S/c1-7-12(3)15-11-16(14(8-2)10-9-13(4)18)20-17(19-15)21(5)24(6,22)23/h8-12H,2,7H2,1,3-6H3/b13-9+,14-10+. The molecule has 1 aromatic rings. The quantitative estimate of drug-likeness (QED) is 0.699. The molecule has 0 bridgehead atoms. The molecule has 0 N–H and O–H groups in total. The van der Waals surface area contributed by atoms with Crippen molar-refractivity contribution in [3.05, 3.63) is 48.1 Å². The first kappa shape index (κ1) is 20.0. The first-order valence-corrected chi connectivity index (χ1v) is 9.44. The van der Waals surface area contributed by atoms with Crippen molar-refractivity contribution in [2.45, 2.75) is 33.1 Å². The van der Waals surface area contributed by atoms with Crippen molar-refractivity contribution in [1.29, 1.82) is 0 Å². The van der Waals surface area contributed by atoms with Crippen molar-refractivity contribution in [3.8, 4) is 0 Å². The molecule has 0 aromatic carbocycles. The largest absolute Gasteiger partial charge is 0.241 e. The zero-order valence-corrected chi connectivity index (χ0v) is 15.6. The third-order valence-corrected chi connectivity index (χ3v) is 4.80. The second-order valence-electron chi connectivity index (χ2n) is 5.60. The topological polar surface area (TPSA) is 63.2 Å². The molecule has 7 heteroatoms. The predicted octanol–water partition coefficient (Wildman–Crippen LogP) is 3.83. The molecule has 1 heterocycles. The number of halogens is 1. The summed E-state index contributed by atoms with van der Waals surface area (Å²) in [6.45, 7) is 9.08. The first-order valence-electron chi connectivity index (χ1n) is 7.59. The smallest absolute Gasteiger partial charge is 0.239 e. The lowest BCUT2D eigenvalue weighted by Crippen LogP contribution is -2.27. The number of aromatic nitrogens is 2.